The lowest BCUT2D eigenvalue weighted by Gasteiger charge is -2.39. The van der Waals surface area contributed by atoms with Crippen LogP contribution in [0.25, 0.3) is 0 Å². The van der Waals surface area contributed by atoms with E-state index in [1.165, 1.54) is 6.92 Å². The molecule has 2 heterocycles. The molecule has 33 heavy (non-hydrogen) atoms. The summed E-state index contributed by atoms with van der Waals surface area (Å²) in [6.45, 7) is 3.18. The summed E-state index contributed by atoms with van der Waals surface area (Å²) in [5.41, 5.74) is 5.94. The van der Waals surface area contributed by atoms with Crippen molar-refractivity contribution in [3.05, 3.63) is 88.5 Å². The SMILES string of the molecule is CCOC(=O)C1=C(N)N(C)c2ccccc2[C@@]12C(=O)OC(C)=C2C(=O)OCc1ccccc1. The van der Waals surface area contributed by atoms with Crippen LogP contribution in [0.15, 0.2) is 77.3 Å². The lowest BCUT2D eigenvalue weighted by Crippen LogP contribution is -2.50. The molecule has 8 heteroatoms. The molecular formula is C25H24N2O6. The smallest absolute Gasteiger partial charge is 0.339 e. The molecule has 0 aliphatic carbocycles. The summed E-state index contributed by atoms with van der Waals surface area (Å²) >= 11 is 0. The molecule has 2 aliphatic rings. The molecule has 0 amide bonds. The maximum absolute atomic E-state index is 13.5. The first kappa shape index (κ1) is 22.1. The van der Waals surface area contributed by atoms with Gasteiger partial charge in [0.1, 0.15) is 29.3 Å². The first-order valence-electron chi connectivity index (χ1n) is 10.5. The number of carbonyl (C=O) groups is 3. The van der Waals surface area contributed by atoms with E-state index in [1.807, 2.05) is 30.3 Å². The Morgan fingerprint density at radius 2 is 1.64 bits per heavy atom. The van der Waals surface area contributed by atoms with Crippen molar-refractivity contribution < 1.29 is 28.6 Å². The zero-order chi connectivity index (χ0) is 23.8. The monoisotopic (exact) mass is 448 g/mol. The van der Waals surface area contributed by atoms with Gasteiger partial charge in [0.25, 0.3) is 0 Å². The molecule has 2 N–H and O–H groups in total. The number of nitrogens with two attached hydrogens (primary N) is 1. The molecule has 0 fully saturated rings. The van der Waals surface area contributed by atoms with Gasteiger partial charge in [-0.25, -0.2) is 14.4 Å². The number of ether oxygens (including phenoxy) is 3. The average Bonchev–Trinajstić information content (AvgIpc) is 3.07. The van der Waals surface area contributed by atoms with Crippen LogP contribution in [0.4, 0.5) is 5.69 Å². The minimum atomic E-state index is -1.91. The third kappa shape index (κ3) is 3.34. The Kier molecular flexibility index (Phi) is 5.68. The van der Waals surface area contributed by atoms with E-state index in [9.17, 15) is 14.4 Å². The second kappa shape index (κ2) is 8.46. The summed E-state index contributed by atoms with van der Waals surface area (Å²) in [6.07, 6.45) is 0. The van der Waals surface area contributed by atoms with Gasteiger partial charge in [-0.05, 0) is 25.5 Å². The zero-order valence-electron chi connectivity index (χ0n) is 18.6. The topological polar surface area (TPSA) is 108 Å². The molecule has 0 saturated heterocycles. The fraction of sp³-hybridized carbons (Fsp3) is 0.240. The normalized spacial score (nSPS) is 19.5. The zero-order valence-corrected chi connectivity index (χ0v) is 18.6. The number of para-hydroxylation sites is 1. The summed E-state index contributed by atoms with van der Waals surface area (Å²) in [7, 11) is 1.67. The molecule has 1 atom stereocenters. The van der Waals surface area contributed by atoms with Gasteiger partial charge in [0.05, 0.1) is 6.61 Å². The van der Waals surface area contributed by atoms with E-state index in [-0.39, 0.29) is 35.9 Å². The van der Waals surface area contributed by atoms with Gasteiger partial charge < -0.3 is 24.8 Å². The van der Waals surface area contributed by atoms with Crippen molar-refractivity contribution in [2.75, 3.05) is 18.6 Å². The van der Waals surface area contributed by atoms with Gasteiger partial charge in [-0.15, -0.1) is 0 Å². The molecule has 0 bridgehead atoms. The van der Waals surface area contributed by atoms with Gasteiger partial charge in [-0.1, -0.05) is 48.5 Å². The minimum Gasteiger partial charge on any atom is -0.462 e. The molecule has 2 aromatic carbocycles. The lowest BCUT2D eigenvalue weighted by molar-refractivity contribution is -0.147. The standard InChI is InChI=1S/C25H24N2O6/c1-4-31-23(29)20-21(26)27(3)18-13-9-8-12-17(18)25(20)19(15(2)33-24(25)30)22(28)32-14-16-10-6-5-7-11-16/h5-13H,4,14,26H2,1-3H3/t25-/m0/s1. The number of nitrogens with zero attached hydrogens (tertiary/aromatic N) is 1. The van der Waals surface area contributed by atoms with Crippen LogP contribution in [0.5, 0.6) is 0 Å². The van der Waals surface area contributed by atoms with Gasteiger partial charge in [-0.3, -0.25) is 0 Å². The quantitative estimate of drug-likeness (QED) is 0.549. The van der Waals surface area contributed by atoms with Crippen molar-refractivity contribution in [2.45, 2.75) is 25.9 Å². The van der Waals surface area contributed by atoms with Crippen LogP contribution in [0.2, 0.25) is 0 Å². The third-order valence-corrected chi connectivity index (χ3v) is 5.84. The summed E-state index contributed by atoms with van der Waals surface area (Å²) in [6, 6.07) is 16.0. The highest BCUT2D eigenvalue weighted by molar-refractivity contribution is 6.16. The second-order valence-electron chi connectivity index (χ2n) is 7.69. The number of cyclic esters (lactones) is 1. The average molecular weight is 448 g/mol. The van der Waals surface area contributed by atoms with E-state index < -0.39 is 23.3 Å². The number of fused-ring (bicyclic) bond motifs is 2. The van der Waals surface area contributed by atoms with E-state index in [0.29, 0.717) is 11.3 Å². The molecule has 2 aromatic rings. The van der Waals surface area contributed by atoms with Crippen LogP contribution in [0.1, 0.15) is 25.0 Å². The number of anilines is 1. The van der Waals surface area contributed by atoms with Crippen molar-refractivity contribution in [3.8, 4) is 0 Å². The minimum absolute atomic E-state index is 0.00726. The van der Waals surface area contributed by atoms with Crippen LogP contribution in [0, 0.1) is 0 Å². The largest absolute Gasteiger partial charge is 0.462 e. The maximum Gasteiger partial charge on any atom is 0.339 e. The summed E-state index contributed by atoms with van der Waals surface area (Å²) in [5, 5.41) is 0. The Morgan fingerprint density at radius 1 is 1.00 bits per heavy atom. The van der Waals surface area contributed by atoms with Crippen LogP contribution < -0.4 is 10.6 Å². The Hall–Kier alpha value is -4.07. The van der Waals surface area contributed by atoms with Crippen LogP contribution >= 0.6 is 0 Å². The summed E-state index contributed by atoms with van der Waals surface area (Å²) in [5.74, 6) is -2.36. The van der Waals surface area contributed by atoms with Gasteiger partial charge in [0, 0.05) is 18.3 Å². The highest BCUT2D eigenvalue weighted by Gasteiger charge is 2.63. The summed E-state index contributed by atoms with van der Waals surface area (Å²) in [4.78, 5) is 41.7. The molecule has 0 radical (unpaired) electrons. The fourth-order valence-corrected chi connectivity index (χ4v) is 4.36. The lowest BCUT2D eigenvalue weighted by atomic mass is 9.66. The van der Waals surface area contributed by atoms with Gasteiger partial charge in [0.15, 0.2) is 5.41 Å². The molecule has 4 rings (SSSR count). The van der Waals surface area contributed by atoms with Crippen molar-refractivity contribution in [1.82, 2.24) is 0 Å². The van der Waals surface area contributed by atoms with E-state index in [1.54, 1.807) is 43.1 Å². The van der Waals surface area contributed by atoms with E-state index in [2.05, 4.69) is 0 Å². The molecule has 0 unspecified atom stereocenters. The van der Waals surface area contributed by atoms with E-state index in [0.717, 1.165) is 5.56 Å². The molecule has 8 nitrogen and oxygen atoms in total. The Labute approximate surface area is 191 Å². The van der Waals surface area contributed by atoms with Crippen LogP contribution in [-0.2, 0) is 40.6 Å². The molecule has 0 saturated carbocycles. The number of hydrogen-bond donors (Lipinski definition) is 1. The number of hydrogen-bond acceptors (Lipinski definition) is 8. The Bertz CT molecular complexity index is 1200. The molecule has 1 spiro atoms. The van der Waals surface area contributed by atoms with Crippen molar-refractivity contribution in [1.29, 1.82) is 0 Å². The number of esters is 3. The first-order valence-corrected chi connectivity index (χ1v) is 10.5. The van der Waals surface area contributed by atoms with Crippen LogP contribution in [-0.4, -0.2) is 31.6 Å². The molecular weight excluding hydrogens is 424 g/mol. The van der Waals surface area contributed by atoms with E-state index in [4.69, 9.17) is 19.9 Å². The predicted molar refractivity (Wildman–Crippen MR) is 119 cm³/mol. The highest BCUT2D eigenvalue weighted by Crippen LogP contribution is 2.53. The fourth-order valence-electron chi connectivity index (χ4n) is 4.36. The van der Waals surface area contributed by atoms with Gasteiger partial charge in [0.2, 0.25) is 0 Å². The number of rotatable bonds is 5. The Balaban J connectivity index is 1.90. The van der Waals surface area contributed by atoms with Crippen LogP contribution in [0.3, 0.4) is 0 Å². The number of allylic oxidation sites excluding steroid dienone is 1. The van der Waals surface area contributed by atoms with Crippen molar-refractivity contribution in [3.63, 3.8) is 0 Å². The highest BCUT2D eigenvalue weighted by atomic mass is 16.6. The van der Waals surface area contributed by atoms with Gasteiger partial charge in [-0.2, -0.15) is 0 Å². The maximum atomic E-state index is 13.5. The van der Waals surface area contributed by atoms with Crippen molar-refractivity contribution >= 4 is 23.6 Å². The van der Waals surface area contributed by atoms with Gasteiger partial charge >= 0.3 is 17.9 Å². The third-order valence-electron chi connectivity index (χ3n) is 5.84. The summed E-state index contributed by atoms with van der Waals surface area (Å²) < 4.78 is 16.3. The number of carbonyl (C=O) groups excluding carboxylic acids is 3. The molecule has 170 valence electrons. The predicted octanol–water partition coefficient (Wildman–Crippen LogP) is 2.68. The first-order chi connectivity index (χ1) is 15.8. The number of benzene rings is 2. The molecule has 0 aromatic heterocycles. The second-order valence-corrected chi connectivity index (χ2v) is 7.69. The van der Waals surface area contributed by atoms with E-state index >= 15 is 0 Å². The molecule has 2 aliphatic heterocycles. The van der Waals surface area contributed by atoms with Crippen molar-refractivity contribution in [2.24, 2.45) is 5.73 Å². The Morgan fingerprint density at radius 3 is 2.33 bits per heavy atom.